The van der Waals surface area contributed by atoms with Gasteiger partial charge in [0.25, 0.3) is 0 Å². The van der Waals surface area contributed by atoms with Crippen molar-refractivity contribution in [3.8, 4) is 147 Å². The standard InChI is InChI=1S/C100H60N6O2/c1-3-25-62(26-4-1)93-101-95(70-32-19-30-68(58-70)74-39-22-47-87-91(74)107-89-49-18-17-46-85(89)99(87)81-42-13-9-35-76(81)77-36-10-14-43-82(77)99)104-97(102-93)72-53-52-64-56-65(50-51-66(64)57-72)67-54-55-86-90(60-67)108-92-75(40-23-48-88(92)100(86)83-44-15-11-37-78(83)79-38-12-16-45-84(79)100)69-31-20-33-71(59-69)96-103-94(63-27-5-2-6-28-63)105-98(106-96)80-41-21-29-61-24-7-8-34-73(61)80/h1-60H. The minimum absolute atomic E-state index is 0.565. The summed E-state index contributed by atoms with van der Waals surface area (Å²) in [4.78, 5) is 31.5. The van der Waals surface area contributed by atoms with E-state index in [1.165, 1.54) is 44.5 Å². The maximum atomic E-state index is 7.55. The summed E-state index contributed by atoms with van der Waals surface area (Å²) >= 11 is 0. The predicted octanol–water partition coefficient (Wildman–Crippen LogP) is 24.3. The number of para-hydroxylation sites is 3. The fraction of sp³-hybridized carbons (Fsp3) is 0.0200. The first-order chi connectivity index (χ1) is 53.5. The Morgan fingerprint density at radius 1 is 0.176 bits per heavy atom. The van der Waals surface area contributed by atoms with Gasteiger partial charge in [0.1, 0.15) is 23.0 Å². The lowest BCUT2D eigenvalue weighted by Gasteiger charge is -2.40. The van der Waals surface area contributed by atoms with Gasteiger partial charge in [-0.3, -0.25) is 0 Å². The largest absolute Gasteiger partial charge is 0.456 e. The summed E-state index contributed by atoms with van der Waals surface area (Å²) in [7, 11) is 0. The zero-order chi connectivity index (χ0) is 71.0. The van der Waals surface area contributed by atoms with Crippen molar-refractivity contribution >= 4 is 21.5 Å². The highest BCUT2D eigenvalue weighted by Crippen LogP contribution is 2.65. The van der Waals surface area contributed by atoms with Crippen LogP contribution in [0.1, 0.15) is 44.5 Å². The molecule has 8 nitrogen and oxygen atoms in total. The molecular formula is C100H60N6O2. The van der Waals surface area contributed by atoms with E-state index in [-0.39, 0.29) is 0 Å². The molecule has 4 aliphatic rings. The monoisotopic (exact) mass is 1380 g/mol. The van der Waals surface area contributed by atoms with Crippen molar-refractivity contribution in [2.45, 2.75) is 10.8 Å². The molecule has 4 heterocycles. The highest BCUT2D eigenvalue weighted by Gasteiger charge is 2.53. The third-order valence-corrected chi connectivity index (χ3v) is 22.5. The quantitative estimate of drug-likeness (QED) is 0.141. The summed E-state index contributed by atoms with van der Waals surface area (Å²) in [5.74, 6) is 6.77. The van der Waals surface area contributed by atoms with Crippen LogP contribution in [0.2, 0.25) is 0 Å². The molecule has 0 unspecified atom stereocenters. The van der Waals surface area contributed by atoms with Crippen LogP contribution in [0.4, 0.5) is 0 Å². The van der Waals surface area contributed by atoms with Crippen LogP contribution in [0.5, 0.6) is 23.0 Å². The third kappa shape index (κ3) is 9.30. The van der Waals surface area contributed by atoms with Gasteiger partial charge in [0.2, 0.25) is 0 Å². The first-order valence-corrected chi connectivity index (χ1v) is 36.6. The second-order valence-electron chi connectivity index (χ2n) is 28.3. The van der Waals surface area contributed by atoms with Gasteiger partial charge in [0, 0.05) is 66.8 Å². The van der Waals surface area contributed by atoms with Crippen LogP contribution >= 0.6 is 0 Å². The Morgan fingerprint density at radius 2 is 0.509 bits per heavy atom. The van der Waals surface area contributed by atoms with Crippen LogP contribution in [0.25, 0.3) is 146 Å². The third-order valence-electron chi connectivity index (χ3n) is 22.5. The molecule has 502 valence electrons. The number of rotatable bonds is 9. The second-order valence-corrected chi connectivity index (χ2v) is 28.3. The highest BCUT2D eigenvalue weighted by atomic mass is 16.5. The molecule has 2 aromatic heterocycles. The Labute approximate surface area is 623 Å². The van der Waals surface area contributed by atoms with E-state index in [9.17, 15) is 0 Å². The van der Waals surface area contributed by atoms with Gasteiger partial charge in [-0.05, 0) is 125 Å². The first kappa shape index (κ1) is 61.2. The summed E-state index contributed by atoms with van der Waals surface area (Å²) in [6.07, 6.45) is 0. The van der Waals surface area contributed by atoms with Crippen molar-refractivity contribution in [3.63, 3.8) is 0 Å². The molecule has 108 heavy (non-hydrogen) atoms. The Hall–Kier alpha value is -14.3. The molecule has 16 aromatic carbocycles. The van der Waals surface area contributed by atoms with E-state index in [0.717, 1.165) is 134 Å². The summed E-state index contributed by atoms with van der Waals surface area (Å²) < 4.78 is 14.7. The lowest BCUT2D eigenvalue weighted by Crippen LogP contribution is -2.32. The Morgan fingerprint density at radius 3 is 1.06 bits per heavy atom. The van der Waals surface area contributed by atoms with Crippen molar-refractivity contribution in [2.24, 2.45) is 0 Å². The molecule has 0 fully saturated rings. The summed E-state index contributed by atoms with van der Waals surface area (Å²) in [5, 5.41) is 4.32. The van der Waals surface area contributed by atoms with Gasteiger partial charge in [-0.2, -0.15) is 0 Å². The van der Waals surface area contributed by atoms with E-state index < -0.39 is 10.8 Å². The minimum atomic E-state index is -0.711. The lowest BCUT2D eigenvalue weighted by atomic mass is 9.65. The molecule has 2 aliphatic heterocycles. The number of hydrogen-bond acceptors (Lipinski definition) is 8. The Bertz CT molecular complexity index is 6690. The van der Waals surface area contributed by atoms with Gasteiger partial charge in [-0.1, -0.05) is 328 Å². The van der Waals surface area contributed by atoms with Crippen molar-refractivity contribution in [2.75, 3.05) is 0 Å². The van der Waals surface area contributed by atoms with Crippen LogP contribution in [-0.4, -0.2) is 29.9 Å². The van der Waals surface area contributed by atoms with Crippen LogP contribution in [0.3, 0.4) is 0 Å². The van der Waals surface area contributed by atoms with E-state index in [4.69, 9.17) is 39.4 Å². The summed E-state index contributed by atoms with van der Waals surface area (Å²) in [6, 6.07) is 129. The van der Waals surface area contributed by atoms with Crippen molar-refractivity contribution in [1.29, 1.82) is 0 Å². The predicted molar refractivity (Wildman–Crippen MR) is 432 cm³/mol. The molecule has 0 amide bonds. The Kier molecular flexibility index (Phi) is 13.7. The molecule has 2 spiro atoms. The van der Waals surface area contributed by atoms with E-state index in [1.807, 2.05) is 36.4 Å². The molecule has 0 saturated carbocycles. The molecule has 22 rings (SSSR count). The number of benzene rings is 16. The molecule has 8 heteroatoms. The zero-order valence-electron chi connectivity index (χ0n) is 58.1. The maximum absolute atomic E-state index is 7.55. The molecule has 0 N–H and O–H groups in total. The van der Waals surface area contributed by atoms with Gasteiger partial charge in [-0.25, -0.2) is 29.9 Å². The second kappa shape index (κ2) is 24.1. The normalized spacial score (nSPS) is 13.3. The average molecular weight is 1380 g/mol. The molecule has 2 aliphatic carbocycles. The number of fused-ring (bicyclic) bond motifs is 20. The van der Waals surface area contributed by atoms with Crippen LogP contribution in [0.15, 0.2) is 364 Å². The number of hydrogen-bond donors (Lipinski definition) is 0. The molecule has 0 bridgehead atoms. The highest BCUT2D eigenvalue weighted by molar-refractivity contribution is 5.98. The van der Waals surface area contributed by atoms with Crippen LogP contribution < -0.4 is 9.47 Å². The zero-order valence-corrected chi connectivity index (χ0v) is 58.1. The Balaban J connectivity index is 0.633. The molecular weight excluding hydrogens is 1320 g/mol. The summed E-state index contributed by atoms with van der Waals surface area (Å²) in [5.41, 5.74) is 24.2. The lowest BCUT2D eigenvalue weighted by molar-refractivity contribution is 0.438. The first-order valence-electron chi connectivity index (χ1n) is 36.6. The van der Waals surface area contributed by atoms with E-state index in [1.54, 1.807) is 0 Å². The van der Waals surface area contributed by atoms with Crippen LogP contribution in [0, 0.1) is 0 Å². The van der Waals surface area contributed by atoms with E-state index >= 15 is 0 Å². The van der Waals surface area contributed by atoms with Gasteiger partial charge >= 0.3 is 0 Å². The number of ether oxygens (including phenoxy) is 2. The van der Waals surface area contributed by atoms with Crippen molar-refractivity contribution in [3.05, 3.63) is 408 Å². The average Bonchev–Trinajstić information content (AvgIpc) is 1.48. The maximum Gasteiger partial charge on any atom is 0.164 e. The van der Waals surface area contributed by atoms with E-state index in [2.05, 4.69) is 328 Å². The van der Waals surface area contributed by atoms with Crippen molar-refractivity contribution in [1.82, 2.24) is 29.9 Å². The topological polar surface area (TPSA) is 95.8 Å². The smallest absolute Gasteiger partial charge is 0.164 e. The summed E-state index contributed by atoms with van der Waals surface area (Å²) in [6.45, 7) is 0. The van der Waals surface area contributed by atoms with Crippen LogP contribution in [-0.2, 0) is 10.8 Å². The fourth-order valence-electron chi connectivity index (χ4n) is 17.8. The van der Waals surface area contributed by atoms with Gasteiger partial charge in [0.15, 0.2) is 34.9 Å². The van der Waals surface area contributed by atoms with Gasteiger partial charge in [-0.15, -0.1) is 0 Å². The molecule has 0 radical (unpaired) electrons. The minimum Gasteiger partial charge on any atom is -0.456 e. The number of aromatic nitrogens is 6. The molecule has 0 saturated heterocycles. The van der Waals surface area contributed by atoms with E-state index in [0.29, 0.717) is 34.9 Å². The fourth-order valence-corrected chi connectivity index (χ4v) is 17.8. The SMILES string of the molecule is c1ccc(-c2nc(-c3cccc(-c4cccc5c4Oc4ccccc4C54c5ccccc5-c5ccccc54)c3)nc(-c3ccc4cc(-c5ccc6c(c5)Oc5c(-c7cccc(-c8nc(-c9ccccc9)nc(-c9cccc%10ccccc9%10)n8)c7)cccc5C65c6ccccc6-c6ccccc65)ccc4c3)n2)cc1. The number of nitrogens with zero attached hydrogens (tertiary/aromatic N) is 6. The molecule has 18 aromatic rings. The van der Waals surface area contributed by atoms with Crippen molar-refractivity contribution < 1.29 is 9.47 Å². The van der Waals surface area contributed by atoms with Gasteiger partial charge < -0.3 is 9.47 Å². The van der Waals surface area contributed by atoms with Gasteiger partial charge in [0.05, 0.1) is 10.8 Å². The molecule has 0 atom stereocenters.